The molecule has 0 aromatic heterocycles. The number of likely N-dealkylation sites (tertiary alicyclic amines) is 1. The smallest absolute Gasteiger partial charge is 0.223 e. The number of hydrogen-bond acceptors (Lipinski definition) is 2. The van der Waals surface area contributed by atoms with Gasteiger partial charge in [0.25, 0.3) is 0 Å². The molecule has 3 heteroatoms. The van der Waals surface area contributed by atoms with Crippen molar-refractivity contribution >= 4 is 5.91 Å². The second-order valence-electron chi connectivity index (χ2n) is 5.95. The van der Waals surface area contributed by atoms with Crippen molar-refractivity contribution in [2.45, 2.75) is 45.1 Å². The Hall–Kier alpha value is -1.25. The van der Waals surface area contributed by atoms with Gasteiger partial charge < -0.3 is 9.64 Å². The van der Waals surface area contributed by atoms with E-state index in [4.69, 9.17) is 4.74 Å². The van der Waals surface area contributed by atoms with E-state index in [-0.39, 0.29) is 0 Å². The van der Waals surface area contributed by atoms with E-state index >= 15 is 0 Å². The molecule has 3 nitrogen and oxygen atoms in total. The molecule has 1 unspecified atom stereocenters. The van der Waals surface area contributed by atoms with E-state index in [0.717, 1.165) is 44.4 Å². The molecule has 2 fully saturated rings. The zero-order valence-corrected chi connectivity index (χ0v) is 11.9. The van der Waals surface area contributed by atoms with Crippen LogP contribution < -0.4 is 0 Å². The summed E-state index contributed by atoms with van der Waals surface area (Å²) in [5, 5.41) is 0. The van der Waals surface area contributed by atoms with Crippen LogP contribution in [0.1, 0.15) is 39.0 Å². The highest BCUT2D eigenvalue weighted by Gasteiger charge is 2.47. The van der Waals surface area contributed by atoms with Gasteiger partial charge in [-0.05, 0) is 37.2 Å². The summed E-state index contributed by atoms with van der Waals surface area (Å²) >= 11 is 0. The summed E-state index contributed by atoms with van der Waals surface area (Å²) in [7, 11) is 1.74. The van der Waals surface area contributed by atoms with Crippen LogP contribution in [0.4, 0.5) is 0 Å². The minimum atomic E-state index is 0.367. The van der Waals surface area contributed by atoms with Gasteiger partial charge in [-0.1, -0.05) is 18.6 Å². The number of allylic oxidation sites excluding steroid dienone is 4. The molecule has 0 radical (unpaired) electrons. The van der Waals surface area contributed by atoms with Crippen molar-refractivity contribution in [3.63, 3.8) is 0 Å². The molecule has 0 aromatic carbocycles. The van der Waals surface area contributed by atoms with Crippen LogP contribution in [0, 0.1) is 11.8 Å². The van der Waals surface area contributed by atoms with Crippen molar-refractivity contribution in [1.29, 1.82) is 0 Å². The van der Waals surface area contributed by atoms with Crippen LogP contribution in [0.2, 0.25) is 0 Å². The van der Waals surface area contributed by atoms with Crippen LogP contribution in [0.3, 0.4) is 0 Å². The summed E-state index contributed by atoms with van der Waals surface area (Å²) < 4.78 is 5.41. The minimum Gasteiger partial charge on any atom is -0.501 e. The standard InChI is InChI=1S/C16H23NO2/c1-3-8-17-15-7-5-11-4-6-12(19-2)9-13(11)14(15)10-16(17)18/h4,6,13-15H,3,5,7-10H2,1-2H3/t13?,14-,15-/m0/s1. The molecule has 19 heavy (non-hydrogen) atoms. The number of nitrogens with zero attached hydrogens (tertiary/aromatic N) is 1. The van der Waals surface area contributed by atoms with E-state index in [0.29, 0.717) is 23.8 Å². The third kappa shape index (κ3) is 2.09. The Labute approximate surface area is 115 Å². The predicted molar refractivity (Wildman–Crippen MR) is 74.4 cm³/mol. The lowest BCUT2D eigenvalue weighted by Crippen LogP contribution is -2.41. The average Bonchev–Trinajstić information content (AvgIpc) is 2.76. The molecule has 1 saturated carbocycles. The van der Waals surface area contributed by atoms with E-state index in [1.807, 2.05) is 0 Å². The van der Waals surface area contributed by atoms with Gasteiger partial charge in [-0.2, -0.15) is 0 Å². The minimum absolute atomic E-state index is 0.367. The molecule has 0 N–H and O–H groups in total. The van der Waals surface area contributed by atoms with Crippen molar-refractivity contribution in [3.8, 4) is 0 Å². The van der Waals surface area contributed by atoms with Gasteiger partial charge in [0, 0.05) is 25.4 Å². The Kier molecular flexibility index (Phi) is 3.38. The largest absolute Gasteiger partial charge is 0.501 e. The highest BCUT2D eigenvalue weighted by Crippen LogP contribution is 2.47. The fraction of sp³-hybridized carbons (Fsp3) is 0.688. The zero-order valence-electron chi connectivity index (χ0n) is 11.9. The Bertz CT molecular complexity index is 438. The van der Waals surface area contributed by atoms with Gasteiger partial charge in [0.1, 0.15) is 0 Å². The van der Waals surface area contributed by atoms with E-state index in [9.17, 15) is 4.79 Å². The Balaban J connectivity index is 1.82. The number of amides is 1. The van der Waals surface area contributed by atoms with Gasteiger partial charge >= 0.3 is 0 Å². The molecule has 3 rings (SSSR count). The van der Waals surface area contributed by atoms with E-state index in [2.05, 4.69) is 24.0 Å². The van der Waals surface area contributed by atoms with Crippen LogP contribution in [0.15, 0.2) is 23.5 Å². The third-order valence-electron chi connectivity index (χ3n) is 4.98. The first-order chi connectivity index (χ1) is 9.24. The second kappa shape index (κ2) is 5.03. The number of carbonyl (C=O) groups is 1. The van der Waals surface area contributed by atoms with E-state index in [1.54, 1.807) is 7.11 Å². The molecule has 0 spiro atoms. The molecule has 1 amide bonds. The molecular formula is C16H23NO2. The van der Waals surface area contributed by atoms with Crippen molar-refractivity contribution in [2.24, 2.45) is 11.8 Å². The van der Waals surface area contributed by atoms with Crippen LogP contribution in [-0.2, 0) is 9.53 Å². The highest BCUT2D eigenvalue weighted by atomic mass is 16.5. The Morgan fingerprint density at radius 3 is 2.95 bits per heavy atom. The maximum Gasteiger partial charge on any atom is 0.223 e. The highest BCUT2D eigenvalue weighted by molar-refractivity contribution is 5.79. The summed E-state index contributed by atoms with van der Waals surface area (Å²) in [5.74, 6) is 2.48. The number of methoxy groups -OCH3 is 1. The number of ether oxygens (including phenoxy) is 1. The maximum atomic E-state index is 12.2. The summed E-state index contributed by atoms with van der Waals surface area (Å²) in [6.07, 6.45) is 9.41. The van der Waals surface area contributed by atoms with E-state index in [1.165, 1.54) is 5.57 Å². The fourth-order valence-electron chi connectivity index (χ4n) is 4.08. The number of fused-ring (bicyclic) bond motifs is 3. The lowest BCUT2D eigenvalue weighted by molar-refractivity contribution is -0.129. The first-order valence-corrected chi connectivity index (χ1v) is 7.47. The molecule has 0 bridgehead atoms. The number of hydrogen-bond donors (Lipinski definition) is 0. The number of carbonyl (C=O) groups excluding carboxylic acids is 1. The third-order valence-corrected chi connectivity index (χ3v) is 4.98. The van der Waals surface area contributed by atoms with Crippen LogP contribution >= 0.6 is 0 Å². The first kappa shape index (κ1) is 12.8. The van der Waals surface area contributed by atoms with Crippen molar-refractivity contribution in [1.82, 2.24) is 4.90 Å². The van der Waals surface area contributed by atoms with Crippen LogP contribution in [0.25, 0.3) is 0 Å². The first-order valence-electron chi connectivity index (χ1n) is 7.47. The van der Waals surface area contributed by atoms with Gasteiger partial charge in [0.2, 0.25) is 5.91 Å². The molecule has 0 aromatic rings. The summed E-state index contributed by atoms with van der Waals surface area (Å²) in [6.45, 7) is 3.08. The summed E-state index contributed by atoms with van der Waals surface area (Å²) in [6, 6.07) is 0.478. The SMILES string of the molecule is CCCN1C(=O)C[C@H]2C3CC(OC)=CC=C3CC[C@@H]21. The quantitative estimate of drug-likeness (QED) is 0.782. The molecule has 3 aliphatic rings. The van der Waals surface area contributed by atoms with Gasteiger partial charge in [-0.15, -0.1) is 0 Å². The monoisotopic (exact) mass is 261 g/mol. The maximum absolute atomic E-state index is 12.2. The van der Waals surface area contributed by atoms with Crippen LogP contribution in [-0.4, -0.2) is 30.5 Å². The van der Waals surface area contributed by atoms with E-state index < -0.39 is 0 Å². The molecule has 1 heterocycles. The topological polar surface area (TPSA) is 29.5 Å². The lowest BCUT2D eigenvalue weighted by atomic mass is 9.69. The normalized spacial score (nSPS) is 33.5. The van der Waals surface area contributed by atoms with Gasteiger partial charge in [-0.25, -0.2) is 0 Å². The molecular weight excluding hydrogens is 238 g/mol. The molecule has 104 valence electrons. The van der Waals surface area contributed by atoms with Gasteiger partial charge in [0.15, 0.2) is 0 Å². The zero-order chi connectivity index (χ0) is 13.4. The molecule has 1 saturated heterocycles. The Morgan fingerprint density at radius 2 is 2.21 bits per heavy atom. The van der Waals surface area contributed by atoms with Crippen LogP contribution in [0.5, 0.6) is 0 Å². The molecule has 1 aliphatic heterocycles. The number of rotatable bonds is 3. The summed E-state index contributed by atoms with van der Waals surface area (Å²) in [5.41, 5.74) is 1.54. The molecule has 2 aliphatic carbocycles. The summed E-state index contributed by atoms with van der Waals surface area (Å²) in [4.78, 5) is 14.4. The van der Waals surface area contributed by atoms with Crippen molar-refractivity contribution in [3.05, 3.63) is 23.5 Å². The average molecular weight is 261 g/mol. The fourth-order valence-corrected chi connectivity index (χ4v) is 4.08. The van der Waals surface area contributed by atoms with Gasteiger partial charge in [0.05, 0.1) is 12.9 Å². The molecule has 3 atom stereocenters. The predicted octanol–water partition coefficient (Wildman–Crippen LogP) is 2.88. The Morgan fingerprint density at radius 1 is 1.37 bits per heavy atom. The lowest BCUT2D eigenvalue weighted by Gasteiger charge is -2.40. The van der Waals surface area contributed by atoms with Crippen molar-refractivity contribution < 1.29 is 9.53 Å². The second-order valence-corrected chi connectivity index (χ2v) is 5.95. The van der Waals surface area contributed by atoms with Crippen molar-refractivity contribution in [2.75, 3.05) is 13.7 Å². The van der Waals surface area contributed by atoms with Gasteiger partial charge in [-0.3, -0.25) is 4.79 Å².